The molecule has 1 unspecified atom stereocenters. The summed E-state index contributed by atoms with van der Waals surface area (Å²) in [5.74, 6) is 0.139. The summed E-state index contributed by atoms with van der Waals surface area (Å²) in [5, 5.41) is 4.10. The molecule has 2 aromatic rings. The molecule has 2 N–H and O–H groups in total. The minimum atomic E-state index is -0.353. The van der Waals surface area contributed by atoms with Crippen molar-refractivity contribution in [2.24, 2.45) is 5.73 Å². The number of hydrogen-bond acceptors (Lipinski definition) is 5. The molecule has 0 spiro atoms. The zero-order valence-corrected chi connectivity index (χ0v) is 12.6. The van der Waals surface area contributed by atoms with E-state index in [1.807, 2.05) is 13.8 Å². The topological polar surface area (TPSA) is 61.0 Å². The molecule has 108 valence electrons. The first kappa shape index (κ1) is 14.9. The Labute approximate surface area is 121 Å². The van der Waals surface area contributed by atoms with Gasteiger partial charge in [0.25, 0.3) is 0 Å². The van der Waals surface area contributed by atoms with Gasteiger partial charge in [0.05, 0.1) is 17.7 Å². The average molecular weight is 295 g/mol. The van der Waals surface area contributed by atoms with Crippen molar-refractivity contribution in [3.8, 4) is 5.75 Å². The maximum atomic E-state index is 14.1. The van der Waals surface area contributed by atoms with Gasteiger partial charge in [0.2, 0.25) is 0 Å². The van der Waals surface area contributed by atoms with E-state index in [2.05, 4.69) is 9.59 Å². The summed E-state index contributed by atoms with van der Waals surface area (Å²) in [6.45, 7) is 4.08. The van der Waals surface area contributed by atoms with E-state index < -0.39 is 0 Å². The van der Waals surface area contributed by atoms with Gasteiger partial charge in [0, 0.05) is 6.04 Å². The van der Waals surface area contributed by atoms with Crippen molar-refractivity contribution in [1.82, 2.24) is 9.59 Å². The number of nitrogens with zero attached hydrogens (tertiary/aromatic N) is 2. The fourth-order valence-electron chi connectivity index (χ4n) is 2.06. The van der Waals surface area contributed by atoms with Crippen molar-refractivity contribution < 1.29 is 9.13 Å². The van der Waals surface area contributed by atoms with Gasteiger partial charge in [-0.2, -0.15) is 0 Å². The van der Waals surface area contributed by atoms with Gasteiger partial charge in [-0.05, 0) is 35.5 Å². The van der Waals surface area contributed by atoms with Gasteiger partial charge in [-0.15, -0.1) is 5.10 Å². The summed E-state index contributed by atoms with van der Waals surface area (Å²) in [6.07, 6.45) is 0.395. The van der Waals surface area contributed by atoms with Gasteiger partial charge in [0.15, 0.2) is 11.6 Å². The van der Waals surface area contributed by atoms with Crippen molar-refractivity contribution in [3.05, 3.63) is 40.2 Å². The number of halogens is 1. The van der Waals surface area contributed by atoms with Gasteiger partial charge in [-0.3, -0.25) is 0 Å². The zero-order valence-electron chi connectivity index (χ0n) is 11.8. The van der Waals surface area contributed by atoms with Crippen LogP contribution in [-0.4, -0.2) is 16.7 Å². The van der Waals surface area contributed by atoms with Crippen LogP contribution in [-0.2, 0) is 6.42 Å². The maximum Gasteiger partial charge on any atom is 0.168 e. The SMILES string of the molecule is COc1cccc(CC(N)c2snnc2C(C)C)c1F. The molecule has 20 heavy (non-hydrogen) atoms. The second kappa shape index (κ2) is 6.28. The zero-order chi connectivity index (χ0) is 14.7. The second-order valence-corrected chi connectivity index (χ2v) is 5.71. The molecule has 0 aliphatic rings. The lowest BCUT2D eigenvalue weighted by molar-refractivity contribution is 0.383. The van der Waals surface area contributed by atoms with E-state index in [1.54, 1.807) is 18.2 Å². The molecule has 0 saturated heterocycles. The fraction of sp³-hybridized carbons (Fsp3) is 0.429. The summed E-state index contributed by atoms with van der Waals surface area (Å²) in [7, 11) is 1.45. The van der Waals surface area contributed by atoms with Gasteiger partial charge < -0.3 is 10.5 Å². The highest BCUT2D eigenvalue weighted by atomic mass is 32.1. The third-order valence-corrected chi connectivity index (χ3v) is 4.00. The minimum absolute atomic E-state index is 0.237. The highest BCUT2D eigenvalue weighted by Gasteiger charge is 2.20. The Morgan fingerprint density at radius 2 is 2.15 bits per heavy atom. The summed E-state index contributed by atoms with van der Waals surface area (Å²) < 4.78 is 23.1. The Balaban J connectivity index is 2.23. The molecular formula is C14H18FN3OS. The van der Waals surface area contributed by atoms with E-state index in [0.717, 1.165) is 10.6 Å². The predicted octanol–water partition coefficient (Wildman–Crippen LogP) is 3.05. The van der Waals surface area contributed by atoms with Crippen LogP contribution in [0.1, 0.15) is 41.9 Å². The number of hydrogen-bond donors (Lipinski definition) is 1. The molecule has 1 heterocycles. The standard InChI is InChI=1S/C14H18FN3OS/c1-8(2)13-14(20-18-17-13)10(16)7-9-5-4-6-11(19-3)12(9)15/h4-6,8,10H,7,16H2,1-3H3. The average Bonchev–Trinajstić information content (AvgIpc) is 2.90. The number of aromatic nitrogens is 2. The quantitative estimate of drug-likeness (QED) is 0.921. The minimum Gasteiger partial charge on any atom is -0.494 e. The first-order valence-electron chi connectivity index (χ1n) is 6.43. The van der Waals surface area contributed by atoms with Crippen molar-refractivity contribution in [3.63, 3.8) is 0 Å². The van der Waals surface area contributed by atoms with Crippen molar-refractivity contribution in [2.45, 2.75) is 32.2 Å². The van der Waals surface area contributed by atoms with E-state index in [1.165, 1.54) is 18.6 Å². The van der Waals surface area contributed by atoms with Crippen LogP contribution in [0.5, 0.6) is 5.75 Å². The number of ether oxygens (including phenoxy) is 1. The molecule has 0 saturated carbocycles. The summed E-state index contributed by atoms with van der Waals surface area (Å²) >= 11 is 1.28. The molecule has 1 aromatic carbocycles. The molecular weight excluding hydrogens is 277 g/mol. The van der Waals surface area contributed by atoms with Crippen molar-refractivity contribution >= 4 is 11.5 Å². The highest BCUT2D eigenvalue weighted by molar-refractivity contribution is 7.05. The maximum absolute atomic E-state index is 14.1. The molecule has 6 heteroatoms. The number of nitrogens with two attached hydrogens (primary N) is 1. The van der Waals surface area contributed by atoms with E-state index >= 15 is 0 Å². The largest absolute Gasteiger partial charge is 0.494 e. The van der Waals surface area contributed by atoms with Crippen LogP contribution >= 0.6 is 11.5 Å². The first-order chi connectivity index (χ1) is 9.54. The molecule has 1 atom stereocenters. The lowest BCUT2D eigenvalue weighted by atomic mass is 10.0. The van der Waals surface area contributed by atoms with Crippen LogP contribution in [0.15, 0.2) is 18.2 Å². The van der Waals surface area contributed by atoms with Crippen LogP contribution in [0, 0.1) is 5.82 Å². The number of benzene rings is 1. The Morgan fingerprint density at radius 3 is 2.80 bits per heavy atom. The number of rotatable bonds is 5. The molecule has 4 nitrogen and oxygen atoms in total. The lowest BCUT2D eigenvalue weighted by Crippen LogP contribution is -2.15. The summed E-state index contributed by atoms with van der Waals surface area (Å²) in [5.41, 5.74) is 7.63. The predicted molar refractivity (Wildman–Crippen MR) is 77.6 cm³/mol. The molecule has 0 bridgehead atoms. The molecule has 0 aliphatic carbocycles. The third kappa shape index (κ3) is 2.96. The third-order valence-electron chi connectivity index (χ3n) is 3.13. The Bertz CT molecular complexity index is 586. The van der Waals surface area contributed by atoms with Crippen LogP contribution in [0.3, 0.4) is 0 Å². The van der Waals surface area contributed by atoms with E-state index in [4.69, 9.17) is 10.5 Å². The molecule has 0 fully saturated rings. The molecule has 0 aliphatic heterocycles. The van der Waals surface area contributed by atoms with Gasteiger partial charge >= 0.3 is 0 Å². The Morgan fingerprint density at radius 1 is 1.40 bits per heavy atom. The Kier molecular flexibility index (Phi) is 4.67. The number of methoxy groups -OCH3 is 1. The summed E-state index contributed by atoms with van der Waals surface area (Å²) in [4.78, 5) is 0.919. The second-order valence-electron chi connectivity index (χ2n) is 4.92. The lowest BCUT2D eigenvalue weighted by Gasteiger charge is -2.14. The Hall–Kier alpha value is -1.53. The van der Waals surface area contributed by atoms with E-state index in [-0.39, 0.29) is 23.5 Å². The molecule has 0 radical (unpaired) electrons. The van der Waals surface area contributed by atoms with Gasteiger partial charge in [-0.1, -0.05) is 30.5 Å². The molecule has 2 rings (SSSR count). The van der Waals surface area contributed by atoms with Gasteiger partial charge in [0.1, 0.15) is 0 Å². The first-order valence-corrected chi connectivity index (χ1v) is 7.21. The van der Waals surface area contributed by atoms with E-state index in [0.29, 0.717) is 12.0 Å². The van der Waals surface area contributed by atoms with Crippen molar-refractivity contribution in [2.75, 3.05) is 7.11 Å². The highest BCUT2D eigenvalue weighted by Crippen LogP contribution is 2.29. The summed E-state index contributed by atoms with van der Waals surface area (Å²) in [6, 6.07) is 4.77. The van der Waals surface area contributed by atoms with Crippen LogP contribution in [0.4, 0.5) is 4.39 Å². The normalized spacial score (nSPS) is 12.7. The van der Waals surface area contributed by atoms with E-state index in [9.17, 15) is 4.39 Å². The van der Waals surface area contributed by atoms with Gasteiger partial charge in [-0.25, -0.2) is 4.39 Å². The van der Waals surface area contributed by atoms with Crippen LogP contribution in [0.2, 0.25) is 0 Å². The molecule has 0 amide bonds. The molecule has 1 aromatic heterocycles. The van der Waals surface area contributed by atoms with Crippen LogP contribution < -0.4 is 10.5 Å². The monoisotopic (exact) mass is 295 g/mol. The smallest absolute Gasteiger partial charge is 0.168 e. The van der Waals surface area contributed by atoms with Crippen molar-refractivity contribution in [1.29, 1.82) is 0 Å². The van der Waals surface area contributed by atoms with Crippen LogP contribution in [0.25, 0.3) is 0 Å². The fourth-order valence-corrected chi connectivity index (χ4v) is 2.87.